The van der Waals surface area contributed by atoms with Crippen LogP contribution >= 0.6 is 11.5 Å². The molecule has 2 rings (SSSR count). The van der Waals surface area contributed by atoms with Gasteiger partial charge in [0, 0.05) is 12.6 Å². The summed E-state index contributed by atoms with van der Waals surface area (Å²) >= 11 is 1.48. The molecular formula is C8H13N3S. The zero-order chi connectivity index (χ0) is 8.23. The molecule has 12 heavy (non-hydrogen) atoms. The topological polar surface area (TPSA) is 37.8 Å². The van der Waals surface area contributed by atoms with Gasteiger partial charge in [-0.15, -0.1) is 5.10 Å². The van der Waals surface area contributed by atoms with E-state index in [9.17, 15) is 0 Å². The molecule has 3 nitrogen and oxygen atoms in total. The Kier molecular flexibility index (Phi) is 2.68. The molecule has 1 saturated carbocycles. The van der Waals surface area contributed by atoms with Crippen LogP contribution in [0.3, 0.4) is 0 Å². The summed E-state index contributed by atoms with van der Waals surface area (Å²) < 4.78 is 3.82. The maximum atomic E-state index is 3.82. The lowest BCUT2D eigenvalue weighted by molar-refractivity contribution is 0.527. The molecule has 0 spiro atoms. The van der Waals surface area contributed by atoms with Gasteiger partial charge in [-0.25, -0.2) is 0 Å². The van der Waals surface area contributed by atoms with Crippen LogP contribution in [0, 0.1) is 0 Å². The zero-order valence-corrected chi connectivity index (χ0v) is 7.81. The Morgan fingerprint density at radius 3 is 3.00 bits per heavy atom. The van der Waals surface area contributed by atoms with E-state index in [2.05, 4.69) is 14.9 Å². The third-order valence-electron chi connectivity index (χ3n) is 2.33. The number of nitrogens with one attached hydrogen (secondary N) is 1. The molecule has 1 aliphatic rings. The fourth-order valence-corrected chi connectivity index (χ4v) is 2.08. The maximum Gasteiger partial charge on any atom is 0.0666 e. The van der Waals surface area contributed by atoms with Gasteiger partial charge in [-0.2, -0.15) is 0 Å². The van der Waals surface area contributed by atoms with E-state index in [0.29, 0.717) is 0 Å². The third kappa shape index (κ3) is 2.01. The molecule has 0 radical (unpaired) electrons. The van der Waals surface area contributed by atoms with Crippen LogP contribution in [0.2, 0.25) is 0 Å². The van der Waals surface area contributed by atoms with Crippen molar-refractivity contribution >= 4 is 11.5 Å². The highest BCUT2D eigenvalue weighted by Gasteiger charge is 2.13. The molecule has 1 aliphatic carbocycles. The summed E-state index contributed by atoms with van der Waals surface area (Å²) in [5.74, 6) is 0. The normalized spacial score (nSPS) is 18.7. The molecule has 0 atom stereocenters. The van der Waals surface area contributed by atoms with Crippen LogP contribution in [0.4, 0.5) is 0 Å². The number of nitrogens with zero attached hydrogens (tertiary/aromatic N) is 2. The van der Waals surface area contributed by atoms with Crippen LogP contribution in [0.15, 0.2) is 6.20 Å². The second-order valence-electron chi connectivity index (χ2n) is 3.25. The lowest BCUT2D eigenvalue weighted by atomic mass is 10.2. The Morgan fingerprint density at radius 2 is 2.33 bits per heavy atom. The van der Waals surface area contributed by atoms with Crippen LogP contribution in [0.25, 0.3) is 0 Å². The average Bonchev–Trinajstić information content (AvgIpc) is 2.74. The molecule has 0 amide bonds. The Hall–Kier alpha value is -0.480. The molecule has 1 N–H and O–H groups in total. The summed E-state index contributed by atoms with van der Waals surface area (Å²) in [5.41, 5.74) is 0. The van der Waals surface area contributed by atoms with Gasteiger partial charge in [0.2, 0.25) is 0 Å². The lowest BCUT2D eigenvalue weighted by Crippen LogP contribution is -2.24. The molecule has 1 heterocycles. The quantitative estimate of drug-likeness (QED) is 0.773. The number of aromatic nitrogens is 2. The van der Waals surface area contributed by atoms with Crippen molar-refractivity contribution in [2.75, 3.05) is 0 Å². The Labute approximate surface area is 76.4 Å². The van der Waals surface area contributed by atoms with E-state index >= 15 is 0 Å². The van der Waals surface area contributed by atoms with Gasteiger partial charge < -0.3 is 5.32 Å². The predicted octanol–water partition coefficient (Wildman–Crippen LogP) is 1.57. The molecule has 0 bridgehead atoms. The molecule has 1 aromatic rings. The van der Waals surface area contributed by atoms with Crippen LogP contribution in [0.1, 0.15) is 30.6 Å². The summed E-state index contributed by atoms with van der Waals surface area (Å²) in [5, 5.41) is 7.31. The molecule has 66 valence electrons. The lowest BCUT2D eigenvalue weighted by Gasteiger charge is -2.09. The fourth-order valence-electron chi connectivity index (χ4n) is 1.64. The number of hydrogen-bond donors (Lipinski definition) is 1. The first-order valence-corrected chi connectivity index (χ1v) is 5.22. The highest BCUT2D eigenvalue weighted by Crippen LogP contribution is 2.18. The van der Waals surface area contributed by atoms with Crippen molar-refractivity contribution in [3.63, 3.8) is 0 Å². The minimum absolute atomic E-state index is 0.743. The van der Waals surface area contributed by atoms with Crippen LogP contribution < -0.4 is 5.32 Å². The first-order chi connectivity index (χ1) is 5.95. The van der Waals surface area contributed by atoms with Gasteiger partial charge in [0.25, 0.3) is 0 Å². The summed E-state index contributed by atoms with van der Waals surface area (Å²) in [6.07, 6.45) is 7.29. The van der Waals surface area contributed by atoms with Gasteiger partial charge in [-0.05, 0) is 24.4 Å². The van der Waals surface area contributed by atoms with Crippen LogP contribution in [0.5, 0.6) is 0 Å². The van der Waals surface area contributed by atoms with Gasteiger partial charge in [0.05, 0.1) is 11.1 Å². The molecular weight excluding hydrogens is 170 g/mol. The minimum atomic E-state index is 0.743. The second kappa shape index (κ2) is 3.96. The van der Waals surface area contributed by atoms with Gasteiger partial charge in [0.1, 0.15) is 0 Å². The van der Waals surface area contributed by atoms with E-state index < -0.39 is 0 Å². The molecule has 0 aliphatic heterocycles. The largest absolute Gasteiger partial charge is 0.309 e. The SMILES string of the molecule is c1nnsc1CNC1CCCC1. The Morgan fingerprint density at radius 1 is 1.50 bits per heavy atom. The van der Waals surface area contributed by atoms with Crippen molar-refractivity contribution < 1.29 is 0 Å². The van der Waals surface area contributed by atoms with E-state index in [0.717, 1.165) is 12.6 Å². The average molecular weight is 183 g/mol. The van der Waals surface area contributed by atoms with E-state index in [-0.39, 0.29) is 0 Å². The first kappa shape index (κ1) is 8.13. The van der Waals surface area contributed by atoms with Gasteiger partial charge in [-0.1, -0.05) is 17.3 Å². The van der Waals surface area contributed by atoms with Crippen molar-refractivity contribution in [3.8, 4) is 0 Å². The number of hydrogen-bond acceptors (Lipinski definition) is 4. The van der Waals surface area contributed by atoms with E-state index in [1.54, 1.807) is 0 Å². The standard InChI is InChI=1S/C8H13N3S/c1-2-4-7(3-1)9-5-8-6-10-11-12-8/h6-7,9H,1-5H2. The summed E-state index contributed by atoms with van der Waals surface area (Å²) in [4.78, 5) is 1.24. The molecule has 4 heteroatoms. The van der Waals surface area contributed by atoms with E-state index in [1.807, 2.05) is 6.20 Å². The van der Waals surface area contributed by atoms with Crippen LogP contribution in [-0.2, 0) is 6.54 Å². The van der Waals surface area contributed by atoms with Crippen molar-refractivity contribution in [2.45, 2.75) is 38.3 Å². The second-order valence-corrected chi connectivity index (χ2v) is 4.12. The maximum absolute atomic E-state index is 3.82. The van der Waals surface area contributed by atoms with Gasteiger partial charge >= 0.3 is 0 Å². The first-order valence-electron chi connectivity index (χ1n) is 4.45. The Balaban J connectivity index is 1.74. The Bertz CT molecular complexity index is 216. The molecule has 1 aromatic heterocycles. The molecule has 0 aromatic carbocycles. The van der Waals surface area contributed by atoms with E-state index in [4.69, 9.17) is 0 Å². The van der Waals surface area contributed by atoms with Crippen molar-refractivity contribution in [2.24, 2.45) is 0 Å². The summed E-state index contributed by atoms with van der Waals surface area (Å²) in [6, 6.07) is 0.743. The van der Waals surface area contributed by atoms with E-state index in [1.165, 1.54) is 42.1 Å². The monoisotopic (exact) mass is 183 g/mol. The van der Waals surface area contributed by atoms with Gasteiger partial charge in [-0.3, -0.25) is 0 Å². The summed E-state index contributed by atoms with van der Waals surface area (Å²) in [6.45, 7) is 0.947. The highest BCUT2D eigenvalue weighted by atomic mass is 32.1. The predicted molar refractivity (Wildman–Crippen MR) is 49.0 cm³/mol. The van der Waals surface area contributed by atoms with Crippen molar-refractivity contribution in [1.29, 1.82) is 0 Å². The third-order valence-corrected chi connectivity index (χ3v) is 2.99. The minimum Gasteiger partial charge on any atom is -0.309 e. The molecule has 0 saturated heterocycles. The smallest absolute Gasteiger partial charge is 0.0666 e. The fraction of sp³-hybridized carbons (Fsp3) is 0.750. The zero-order valence-electron chi connectivity index (χ0n) is 6.99. The van der Waals surface area contributed by atoms with Crippen molar-refractivity contribution in [1.82, 2.24) is 14.9 Å². The molecule has 1 fully saturated rings. The van der Waals surface area contributed by atoms with Gasteiger partial charge in [0.15, 0.2) is 0 Å². The number of rotatable bonds is 3. The summed E-state index contributed by atoms with van der Waals surface area (Å²) in [7, 11) is 0. The highest BCUT2D eigenvalue weighted by molar-refractivity contribution is 7.05. The molecule has 0 unspecified atom stereocenters. The van der Waals surface area contributed by atoms with Crippen molar-refractivity contribution in [3.05, 3.63) is 11.1 Å². The van der Waals surface area contributed by atoms with Crippen LogP contribution in [-0.4, -0.2) is 15.6 Å².